The molecule has 0 aliphatic rings. The largest absolute Gasteiger partial charge is 0.303 e. The van der Waals surface area contributed by atoms with Crippen LogP contribution in [0.4, 0.5) is 0 Å². The Morgan fingerprint density at radius 2 is 2.00 bits per heavy atom. The van der Waals surface area contributed by atoms with Crippen molar-refractivity contribution >= 4 is 0 Å². The summed E-state index contributed by atoms with van der Waals surface area (Å²) in [6, 6.07) is 2.19. The molecule has 0 heterocycles. The molecule has 0 unspecified atom stereocenters. The third kappa shape index (κ3) is 7.80. The van der Waals surface area contributed by atoms with Crippen LogP contribution in [-0.2, 0) is 0 Å². The van der Waals surface area contributed by atoms with Crippen LogP contribution in [0.2, 0.25) is 0 Å². The quantitative estimate of drug-likeness (QED) is 0.605. The fraction of sp³-hybridized carbons (Fsp3) is 0.909. The second-order valence-corrected chi connectivity index (χ2v) is 3.88. The number of rotatable bonds is 7. The highest BCUT2D eigenvalue weighted by molar-refractivity contribution is 4.71. The lowest BCUT2D eigenvalue weighted by Crippen LogP contribution is -2.25. The first-order valence-corrected chi connectivity index (χ1v) is 5.30. The summed E-state index contributed by atoms with van der Waals surface area (Å²) in [5.74, 6) is 0.801. The molecule has 0 rings (SSSR count). The van der Waals surface area contributed by atoms with Gasteiger partial charge in [-0.2, -0.15) is 5.26 Å². The summed E-state index contributed by atoms with van der Waals surface area (Å²) in [5, 5.41) is 8.45. The minimum absolute atomic E-state index is 0.662. The third-order valence-electron chi connectivity index (χ3n) is 2.24. The lowest BCUT2D eigenvalue weighted by Gasteiger charge is -2.19. The van der Waals surface area contributed by atoms with Gasteiger partial charge in [-0.05, 0) is 31.8 Å². The van der Waals surface area contributed by atoms with E-state index in [1.54, 1.807) is 0 Å². The Kier molecular flexibility index (Phi) is 7.73. The van der Waals surface area contributed by atoms with Gasteiger partial charge < -0.3 is 4.90 Å². The molecule has 0 aromatic heterocycles. The first-order chi connectivity index (χ1) is 6.20. The molecule has 0 aliphatic carbocycles. The molecule has 0 saturated carbocycles. The van der Waals surface area contributed by atoms with Crippen LogP contribution in [0.3, 0.4) is 0 Å². The van der Waals surface area contributed by atoms with Crippen LogP contribution in [0.5, 0.6) is 0 Å². The smallest absolute Gasteiger partial charge is 0.0635 e. The van der Waals surface area contributed by atoms with Gasteiger partial charge in [-0.25, -0.2) is 0 Å². The van der Waals surface area contributed by atoms with Gasteiger partial charge in [0.25, 0.3) is 0 Å². The normalized spacial score (nSPS) is 10.8. The maximum atomic E-state index is 8.45. The van der Waals surface area contributed by atoms with Gasteiger partial charge in [0.1, 0.15) is 0 Å². The van der Waals surface area contributed by atoms with Crippen molar-refractivity contribution in [2.75, 3.05) is 19.6 Å². The molecule has 0 bridgehead atoms. The Labute approximate surface area is 82.5 Å². The summed E-state index contributed by atoms with van der Waals surface area (Å²) >= 11 is 0. The van der Waals surface area contributed by atoms with Crippen molar-refractivity contribution in [3.63, 3.8) is 0 Å². The van der Waals surface area contributed by atoms with Crippen molar-refractivity contribution in [3.8, 4) is 6.07 Å². The zero-order valence-corrected chi connectivity index (χ0v) is 9.21. The lowest BCUT2D eigenvalue weighted by atomic mass is 10.1. The van der Waals surface area contributed by atoms with Gasteiger partial charge in [0.2, 0.25) is 0 Å². The van der Waals surface area contributed by atoms with Crippen molar-refractivity contribution in [2.45, 2.75) is 40.0 Å². The summed E-state index contributed by atoms with van der Waals surface area (Å²) < 4.78 is 0. The van der Waals surface area contributed by atoms with E-state index in [0.29, 0.717) is 6.42 Å². The Hall–Kier alpha value is -0.550. The first-order valence-electron chi connectivity index (χ1n) is 5.30. The number of hydrogen-bond donors (Lipinski definition) is 0. The molecule has 13 heavy (non-hydrogen) atoms. The van der Waals surface area contributed by atoms with E-state index in [2.05, 4.69) is 31.7 Å². The lowest BCUT2D eigenvalue weighted by molar-refractivity contribution is 0.282. The second-order valence-electron chi connectivity index (χ2n) is 3.88. The predicted molar refractivity (Wildman–Crippen MR) is 56.4 cm³/mol. The molecule has 0 aliphatic heterocycles. The van der Waals surface area contributed by atoms with Crippen molar-refractivity contribution in [3.05, 3.63) is 0 Å². The minimum atomic E-state index is 0.662. The van der Waals surface area contributed by atoms with Crippen LogP contribution in [0, 0.1) is 17.2 Å². The van der Waals surface area contributed by atoms with Crippen LogP contribution in [0.15, 0.2) is 0 Å². The van der Waals surface area contributed by atoms with E-state index in [9.17, 15) is 0 Å². The van der Waals surface area contributed by atoms with Crippen molar-refractivity contribution < 1.29 is 0 Å². The fourth-order valence-electron chi connectivity index (χ4n) is 1.36. The maximum Gasteiger partial charge on any atom is 0.0635 e. The van der Waals surface area contributed by atoms with E-state index in [0.717, 1.165) is 25.6 Å². The van der Waals surface area contributed by atoms with E-state index in [1.165, 1.54) is 12.8 Å². The molecule has 76 valence electrons. The molecular weight excluding hydrogens is 160 g/mol. The van der Waals surface area contributed by atoms with Crippen LogP contribution in [0.25, 0.3) is 0 Å². The molecule has 0 fully saturated rings. The standard InChI is InChI=1S/C11H22N2/c1-4-13(10-6-8-12)9-5-7-11(2)3/h11H,4-7,9-10H2,1-3H3. The van der Waals surface area contributed by atoms with Crippen LogP contribution < -0.4 is 0 Å². The van der Waals surface area contributed by atoms with Gasteiger partial charge in [-0.3, -0.25) is 0 Å². The average molecular weight is 182 g/mol. The second kappa shape index (κ2) is 8.07. The van der Waals surface area contributed by atoms with Crippen LogP contribution in [0.1, 0.15) is 40.0 Å². The molecule has 0 saturated heterocycles. The average Bonchev–Trinajstić information content (AvgIpc) is 2.10. The number of hydrogen-bond acceptors (Lipinski definition) is 2. The molecule has 0 spiro atoms. The van der Waals surface area contributed by atoms with Crippen molar-refractivity contribution in [2.24, 2.45) is 5.92 Å². The Morgan fingerprint density at radius 3 is 2.46 bits per heavy atom. The summed E-state index contributed by atoms with van der Waals surface area (Å²) in [7, 11) is 0. The monoisotopic (exact) mass is 182 g/mol. The summed E-state index contributed by atoms with van der Waals surface area (Å²) in [6.45, 7) is 9.82. The highest BCUT2D eigenvalue weighted by atomic mass is 15.1. The molecule has 0 aromatic rings. The molecule has 0 N–H and O–H groups in total. The molecule has 0 atom stereocenters. The summed E-state index contributed by atoms with van der Waals surface area (Å²) in [5.41, 5.74) is 0. The third-order valence-corrected chi connectivity index (χ3v) is 2.24. The fourth-order valence-corrected chi connectivity index (χ4v) is 1.36. The van der Waals surface area contributed by atoms with Gasteiger partial charge in [-0.1, -0.05) is 20.8 Å². The molecule has 0 aromatic carbocycles. The molecule has 2 nitrogen and oxygen atoms in total. The van der Waals surface area contributed by atoms with Gasteiger partial charge in [0.05, 0.1) is 6.07 Å². The van der Waals surface area contributed by atoms with Crippen molar-refractivity contribution in [1.82, 2.24) is 4.90 Å². The summed E-state index contributed by atoms with van der Waals surface area (Å²) in [6.07, 6.45) is 3.22. The highest BCUT2D eigenvalue weighted by Crippen LogP contribution is 2.04. The maximum absolute atomic E-state index is 8.45. The molecule has 0 amide bonds. The van der Waals surface area contributed by atoms with E-state index in [4.69, 9.17) is 5.26 Å². The summed E-state index contributed by atoms with van der Waals surface area (Å²) in [4.78, 5) is 2.35. The highest BCUT2D eigenvalue weighted by Gasteiger charge is 2.01. The minimum Gasteiger partial charge on any atom is -0.303 e. The molecule has 0 radical (unpaired) electrons. The zero-order valence-electron chi connectivity index (χ0n) is 9.21. The van der Waals surface area contributed by atoms with Crippen molar-refractivity contribution in [1.29, 1.82) is 5.26 Å². The molecular formula is C11H22N2. The van der Waals surface area contributed by atoms with Gasteiger partial charge >= 0.3 is 0 Å². The van der Waals surface area contributed by atoms with E-state index >= 15 is 0 Å². The molecule has 2 heteroatoms. The Bertz CT molecular complexity index is 147. The first kappa shape index (κ1) is 12.4. The van der Waals surface area contributed by atoms with Gasteiger partial charge in [-0.15, -0.1) is 0 Å². The van der Waals surface area contributed by atoms with Gasteiger partial charge in [0, 0.05) is 13.0 Å². The zero-order chi connectivity index (χ0) is 10.1. The predicted octanol–water partition coefficient (Wildman–Crippen LogP) is 2.66. The van der Waals surface area contributed by atoms with Crippen LogP contribution in [-0.4, -0.2) is 24.5 Å². The van der Waals surface area contributed by atoms with Gasteiger partial charge in [0.15, 0.2) is 0 Å². The SMILES string of the molecule is CCN(CCC#N)CCCC(C)C. The topological polar surface area (TPSA) is 27.0 Å². The van der Waals surface area contributed by atoms with E-state index < -0.39 is 0 Å². The number of nitrogens with zero attached hydrogens (tertiary/aromatic N) is 2. The Balaban J connectivity index is 3.43. The van der Waals surface area contributed by atoms with Crippen LogP contribution >= 0.6 is 0 Å². The Morgan fingerprint density at radius 1 is 1.31 bits per heavy atom. The number of nitriles is 1. The van der Waals surface area contributed by atoms with E-state index in [-0.39, 0.29) is 0 Å². The van der Waals surface area contributed by atoms with E-state index in [1.807, 2.05) is 0 Å².